The Hall–Kier alpha value is -2.04. The molecule has 1 heterocycles. The monoisotopic (exact) mass is 276 g/mol. The largest absolute Gasteiger partial charge is 0.458 e. The smallest absolute Gasteiger partial charge is 0.338 e. The van der Waals surface area contributed by atoms with Crippen LogP contribution in [0.1, 0.15) is 26.2 Å². The molecule has 5 heteroatoms. The molecular weight excluding hydrogens is 256 g/mol. The van der Waals surface area contributed by atoms with Gasteiger partial charge in [0.2, 0.25) is 0 Å². The topological polar surface area (TPSA) is 67.4 Å². The fourth-order valence-electron chi connectivity index (χ4n) is 2.69. The number of esters is 1. The molecule has 0 unspecified atom stereocenters. The molecule has 0 aromatic heterocycles. The van der Waals surface area contributed by atoms with E-state index in [9.17, 15) is 9.59 Å². The van der Waals surface area contributed by atoms with E-state index in [1.165, 1.54) is 6.08 Å². The number of allylic oxidation sites excluding steroid dienone is 3. The summed E-state index contributed by atoms with van der Waals surface area (Å²) in [5.41, 5.74) is 1.09. The molecule has 1 aliphatic carbocycles. The van der Waals surface area contributed by atoms with E-state index in [1.807, 2.05) is 0 Å². The van der Waals surface area contributed by atoms with Crippen LogP contribution in [0.2, 0.25) is 0 Å². The number of nitrogens with one attached hydrogen (secondary N) is 2. The van der Waals surface area contributed by atoms with E-state index >= 15 is 0 Å². The Labute approximate surface area is 118 Å². The third-order valence-electron chi connectivity index (χ3n) is 3.64. The molecule has 2 amide bonds. The molecule has 108 valence electrons. The molecule has 0 saturated carbocycles. The van der Waals surface area contributed by atoms with Crippen LogP contribution in [0, 0.1) is 5.92 Å². The SMILES string of the molecule is C=CCOC(=O)C1=C(C)NC(=O)N[C@@H]1[C@@H]1CC=CCC1. The third kappa shape index (κ3) is 3.10. The van der Waals surface area contributed by atoms with Crippen LogP contribution >= 0.6 is 0 Å². The summed E-state index contributed by atoms with van der Waals surface area (Å²) in [6, 6.07) is -0.548. The summed E-state index contributed by atoms with van der Waals surface area (Å²) >= 11 is 0. The summed E-state index contributed by atoms with van der Waals surface area (Å²) in [5.74, 6) is -0.165. The van der Waals surface area contributed by atoms with Crippen molar-refractivity contribution < 1.29 is 14.3 Å². The summed E-state index contributed by atoms with van der Waals surface area (Å²) in [5, 5.41) is 5.50. The normalized spacial score (nSPS) is 25.8. The summed E-state index contributed by atoms with van der Waals surface area (Å²) in [7, 11) is 0. The average molecular weight is 276 g/mol. The molecule has 2 aliphatic rings. The van der Waals surface area contributed by atoms with Crippen molar-refractivity contribution in [1.29, 1.82) is 0 Å². The Morgan fingerprint density at radius 1 is 1.55 bits per heavy atom. The van der Waals surface area contributed by atoms with E-state index in [-0.39, 0.29) is 24.6 Å². The van der Waals surface area contributed by atoms with E-state index in [0.717, 1.165) is 19.3 Å². The van der Waals surface area contributed by atoms with Crippen LogP contribution < -0.4 is 10.6 Å². The van der Waals surface area contributed by atoms with Crippen molar-refractivity contribution in [2.75, 3.05) is 6.61 Å². The summed E-state index contributed by atoms with van der Waals surface area (Å²) in [6.07, 6.45) is 8.54. The molecule has 2 N–H and O–H groups in total. The van der Waals surface area contributed by atoms with Gasteiger partial charge in [-0.05, 0) is 32.1 Å². The maximum absolute atomic E-state index is 12.2. The Balaban J connectivity index is 2.23. The molecule has 0 saturated heterocycles. The van der Waals surface area contributed by atoms with Crippen molar-refractivity contribution in [2.24, 2.45) is 5.92 Å². The molecule has 0 aromatic carbocycles. The lowest BCUT2D eigenvalue weighted by Crippen LogP contribution is -2.53. The van der Waals surface area contributed by atoms with Crippen LogP contribution in [-0.2, 0) is 9.53 Å². The Morgan fingerprint density at radius 3 is 3.00 bits per heavy atom. The predicted molar refractivity (Wildman–Crippen MR) is 75.8 cm³/mol. The van der Waals surface area contributed by atoms with Crippen molar-refractivity contribution >= 4 is 12.0 Å². The lowest BCUT2D eigenvalue weighted by Gasteiger charge is -2.34. The second-order valence-electron chi connectivity index (χ2n) is 5.05. The number of rotatable bonds is 4. The van der Waals surface area contributed by atoms with Gasteiger partial charge >= 0.3 is 12.0 Å². The molecule has 5 nitrogen and oxygen atoms in total. The van der Waals surface area contributed by atoms with Gasteiger partial charge < -0.3 is 15.4 Å². The van der Waals surface area contributed by atoms with Gasteiger partial charge in [-0.25, -0.2) is 9.59 Å². The first-order valence-electron chi connectivity index (χ1n) is 6.84. The molecule has 20 heavy (non-hydrogen) atoms. The van der Waals surface area contributed by atoms with E-state index in [2.05, 4.69) is 29.4 Å². The Morgan fingerprint density at radius 2 is 2.35 bits per heavy atom. The van der Waals surface area contributed by atoms with Crippen molar-refractivity contribution in [3.63, 3.8) is 0 Å². The van der Waals surface area contributed by atoms with Gasteiger partial charge in [-0.15, -0.1) is 0 Å². The van der Waals surface area contributed by atoms with Crippen molar-refractivity contribution in [3.05, 3.63) is 36.1 Å². The van der Waals surface area contributed by atoms with Crippen molar-refractivity contribution in [1.82, 2.24) is 10.6 Å². The maximum Gasteiger partial charge on any atom is 0.338 e. The number of amides is 2. The van der Waals surface area contributed by atoms with Crippen LogP contribution in [0.15, 0.2) is 36.1 Å². The quantitative estimate of drug-likeness (QED) is 0.610. The van der Waals surface area contributed by atoms with Gasteiger partial charge in [0.1, 0.15) is 6.61 Å². The molecule has 0 aromatic rings. The fourth-order valence-corrected chi connectivity index (χ4v) is 2.69. The van der Waals surface area contributed by atoms with Crippen LogP contribution in [-0.4, -0.2) is 24.6 Å². The second kappa shape index (κ2) is 6.41. The van der Waals surface area contributed by atoms with Gasteiger partial charge in [0.15, 0.2) is 0 Å². The van der Waals surface area contributed by atoms with E-state index in [1.54, 1.807) is 6.92 Å². The minimum Gasteiger partial charge on any atom is -0.458 e. The van der Waals surface area contributed by atoms with Crippen molar-refractivity contribution in [2.45, 2.75) is 32.2 Å². The molecule has 0 bridgehead atoms. The zero-order chi connectivity index (χ0) is 14.5. The highest BCUT2D eigenvalue weighted by Crippen LogP contribution is 2.29. The highest BCUT2D eigenvalue weighted by molar-refractivity contribution is 5.94. The zero-order valence-electron chi connectivity index (χ0n) is 11.6. The summed E-state index contributed by atoms with van der Waals surface area (Å²) in [6.45, 7) is 5.43. The first-order chi connectivity index (χ1) is 9.63. The number of hydrogen-bond acceptors (Lipinski definition) is 3. The second-order valence-corrected chi connectivity index (χ2v) is 5.05. The number of carbonyl (C=O) groups excluding carboxylic acids is 2. The van der Waals surface area contributed by atoms with Crippen LogP contribution in [0.5, 0.6) is 0 Å². The van der Waals surface area contributed by atoms with Gasteiger partial charge in [-0.3, -0.25) is 0 Å². The lowest BCUT2D eigenvalue weighted by atomic mass is 9.82. The van der Waals surface area contributed by atoms with Gasteiger partial charge in [0, 0.05) is 5.70 Å². The Kier molecular flexibility index (Phi) is 4.61. The summed E-state index contributed by atoms with van der Waals surface area (Å²) in [4.78, 5) is 23.9. The first kappa shape index (κ1) is 14.4. The van der Waals surface area contributed by atoms with E-state index in [4.69, 9.17) is 4.74 Å². The predicted octanol–water partition coefficient (Wildman–Crippen LogP) is 2.03. The highest BCUT2D eigenvalue weighted by Gasteiger charge is 2.35. The van der Waals surface area contributed by atoms with Crippen LogP contribution in [0.3, 0.4) is 0 Å². The van der Waals surface area contributed by atoms with E-state index < -0.39 is 5.97 Å². The molecule has 0 radical (unpaired) electrons. The number of carbonyl (C=O) groups is 2. The minimum absolute atomic E-state index is 0.168. The summed E-state index contributed by atoms with van der Waals surface area (Å²) < 4.78 is 5.13. The van der Waals surface area contributed by atoms with Crippen LogP contribution in [0.4, 0.5) is 4.79 Å². The standard InChI is InChI=1S/C15H20N2O3/c1-3-9-20-14(18)12-10(2)16-15(19)17-13(12)11-7-5-4-6-8-11/h3-5,11,13H,1,6-9H2,2H3,(H2,16,17,19)/t11-,13-/m1/s1. The fraction of sp³-hybridized carbons (Fsp3) is 0.467. The molecule has 1 aliphatic heterocycles. The first-order valence-corrected chi connectivity index (χ1v) is 6.84. The van der Waals surface area contributed by atoms with Gasteiger partial charge in [-0.1, -0.05) is 24.8 Å². The highest BCUT2D eigenvalue weighted by atomic mass is 16.5. The average Bonchev–Trinajstić information content (AvgIpc) is 2.45. The third-order valence-corrected chi connectivity index (χ3v) is 3.64. The Bertz CT molecular complexity index is 480. The van der Waals surface area contributed by atoms with Gasteiger partial charge in [-0.2, -0.15) is 0 Å². The molecular formula is C15H20N2O3. The lowest BCUT2D eigenvalue weighted by molar-refractivity contribution is -0.138. The molecule has 2 rings (SSSR count). The molecule has 0 fully saturated rings. The molecule has 0 spiro atoms. The number of hydrogen-bond donors (Lipinski definition) is 2. The number of urea groups is 1. The maximum atomic E-state index is 12.2. The van der Waals surface area contributed by atoms with Crippen molar-refractivity contribution in [3.8, 4) is 0 Å². The van der Waals surface area contributed by atoms with Gasteiger partial charge in [0.25, 0.3) is 0 Å². The zero-order valence-corrected chi connectivity index (χ0v) is 11.6. The van der Waals surface area contributed by atoms with E-state index in [0.29, 0.717) is 11.3 Å². The number of ether oxygens (including phenoxy) is 1. The van der Waals surface area contributed by atoms with Crippen LogP contribution in [0.25, 0.3) is 0 Å². The molecule has 2 atom stereocenters. The van der Waals surface area contributed by atoms with Gasteiger partial charge in [0.05, 0.1) is 11.6 Å². The minimum atomic E-state index is -0.394.